The van der Waals surface area contributed by atoms with Crippen molar-refractivity contribution in [2.75, 3.05) is 17.3 Å². The first-order chi connectivity index (χ1) is 11.9. The second-order valence-electron chi connectivity index (χ2n) is 5.40. The first kappa shape index (κ1) is 18.4. The number of aliphatic imine (C=N–C) groups is 1. The van der Waals surface area contributed by atoms with E-state index in [1.165, 1.54) is 17.8 Å². The Kier molecular flexibility index (Phi) is 5.51. The van der Waals surface area contributed by atoms with E-state index in [0.717, 1.165) is 12.1 Å². The summed E-state index contributed by atoms with van der Waals surface area (Å²) in [6, 6.07) is 12.3. The van der Waals surface area contributed by atoms with Crippen LogP contribution in [0.4, 0.5) is 24.5 Å². The highest BCUT2D eigenvalue weighted by Gasteiger charge is 2.33. The molecule has 1 fully saturated rings. The van der Waals surface area contributed by atoms with Crippen LogP contribution in [0, 0.1) is 0 Å². The molecule has 0 amide bonds. The summed E-state index contributed by atoms with van der Waals surface area (Å²) >= 11 is 13.5. The summed E-state index contributed by atoms with van der Waals surface area (Å²) in [4.78, 5) is 6.29. The third-order valence-corrected chi connectivity index (χ3v) is 5.66. The SMILES string of the molecule is FC(F)(F)c1cccc(N2CC(CCl)SC2=Nc2ccccc2Cl)c1. The summed E-state index contributed by atoms with van der Waals surface area (Å²) in [5.74, 6) is 0.377. The number of thioether (sulfide) groups is 1. The van der Waals surface area contributed by atoms with Crippen molar-refractivity contribution < 1.29 is 13.2 Å². The molecule has 1 aliphatic rings. The molecule has 0 radical (unpaired) electrons. The van der Waals surface area contributed by atoms with E-state index in [1.54, 1.807) is 35.2 Å². The minimum atomic E-state index is -4.39. The standard InChI is InChI=1S/C17H13Cl2F3N2S/c18-9-13-10-24(12-5-3-4-11(8-12)17(20,21)22)16(25-13)23-15-7-2-1-6-14(15)19/h1-8,13H,9-10H2. The van der Waals surface area contributed by atoms with Crippen LogP contribution < -0.4 is 4.90 Å². The summed E-state index contributed by atoms with van der Waals surface area (Å²) in [5, 5.41) is 1.10. The molecule has 25 heavy (non-hydrogen) atoms. The number of para-hydroxylation sites is 1. The van der Waals surface area contributed by atoms with E-state index in [0.29, 0.717) is 34.0 Å². The Balaban J connectivity index is 2.00. The molecule has 1 unspecified atom stereocenters. The van der Waals surface area contributed by atoms with Crippen molar-refractivity contribution in [2.24, 2.45) is 4.99 Å². The van der Waals surface area contributed by atoms with Gasteiger partial charge in [0.1, 0.15) is 0 Å². The smallest absolute Gasteiger partial charge is 0.320 e. The number of alkyl halides is 4. The van der Waals surface area contributed by atoms with Gasteiger partial charge in [0.25, 0.3) is 0 Å². The van der Waals surface area contributed by atoms with Gasteiger partial charge in [0.2, 0.25) is 0 Å². The number of amidine groups is 1. The van der Waals surface area contributed by atoms with Crippen molar-refractivity contribution in [3.63, 3.8) is 0 Å². The highest BCUT2D eigenvalue weighted by molar-refractivity contribution is 8.15. The first-order valence-corrected chi connectivity index (χ1v) is 9.18. The zero-order valence-corrected chi connectivity index (χ0v) is 15.1. The number of hydrogen-bond acceptors (Lipinski definition) is 2. The molecule has 0 aliphatic carbocycles. The number of halogens is 5. The van der Waals surface area contributed by atoms with Gasteiger partial charge in [0.15, 0.2) is 5.17 Å². The number of benzene rings is 2. The Morgan fingerprint density at radius 2 is 1.92 bits per heavy atom. The summed E-state index contributed by atoms with van der Waals surface area (Å²) in [5.41, 5.74) is 0.307. The lowest BCUT2D eigenvalue weighted by molar-refractivity contribution is -0.137. The molecule has 0 spiro atoms. The van der Waals surface area contributed by atoms with Gasteiger partial charge in [-0.3, -0.25) is 0 Å². The topological polar surface area (TPSA) is 15.6 Å². The minimum Gasteiger partial charge on any atom is -0.320 e. The van der Waals surface area contributed by atoms with Crippen molar-refractivity contribution in [1.29, 1.82) is 0 Å². The van der Waals surface area contributed by atoms with E-state index in [4.69, 9.17) is 23.2 Å². The van der Waals surface area contributed by atoms with E-state index in [9.17, 15) is 13.2 Å². The van der Waals surface area contributed by atoms with Crippen molar-refractivity contribution in [3.05, 3.63) is 59.1 Å². The van der Waals surface area contributed by atoms with Crippen molar-refractivity contribution >= 4 is 51.5 Å². The summed E-state index contributed by atoms with van der Waals surface area (Å²) in [6.45, 7) is 0.485. The lowest BCUT2D eigenvalue weighted by Crippen LogP contribution is -2.26. The molecule has 2 nitrogen and oxygen atoms in total. The van der Waals surface area contributed by atoms with Gasteiger partial charge in [0, 0.05) is 23.4 Å². The van der Waals surface area contributed by atoms with E-state index >= 15 is 0 Å². The Morgan fingerprint density at radius 3 is 2.60 bits per heavy atom. The van der Waals surface area contributed by atoms with E-state index in [1.807, 2.05) is 0 Å². The van der Waals surface area contributed by atoms with Crippen LogP contribution in [0.5, 0.6) is 0 Å². The van der Waals surface area contributed by atoms with Gasteiger partial charge >= 0.3 is 6.18 Å². The third-order valence-electron chi connectivity index (χ3n) is 3.61. The third kappa shape index (κ3) is 4.25. The molecule has 8 heteroatoms. The zero-order valence-electron chi connectivity index (χ0n) is 12.8. The monoisotopic (exact) mass is 404 g/mol. The molecule has 1 saturated heterocycles. The predicted octanol–water partition coefficient (Wildman–Crippen LogP) is 6.21. The number of hydrogen-bond donors (Lipinski definition) is 0. The Labute approximate surface area is 157 Å². The fourth-order valence-electron chi connectivity index (χ4n) is 2.41. The maximum absolute atomic E-state index is 13.0. The van der Waals surface area contributed by atoms with Crippen LogP contribution in [0.2, 0.25) is 5.02 Å². The van der Waals surface area contributed by atoms with Gasteiger partial charge in [-0.1, -0.05) is 41.6 Å². The summed E-state index contributed by atoms with van der Waals surface area (Å²) in [7, 11) is 0. The molecule has 2 aromatic carbocycles. The number of nitrogens with zero attached hydrogens (tertiary/aromatic N) is 2. The van der Waals surface area contributed by atoms with Crippen LogP contribution in [-0.4, -0.2) is 22.8 Å². The van der Waals surface area contributed by atoms with Crippen LogP contribution in [0.3, 0.4) is 0 Å². The molecular formula is C17H13Cl2F3N2S. The van der Waals surface area contributed by atoms with E-state index in [-0.39, 0.29) is 5.25 Å². The molecule has 0 bridgehead atoms. The zero-order chi connectivity index (χ0) is 18.0. The van der Waals surface area contributed by atoms with Gasteiger partial charge in [-0.05, 0) is 30.3 Å². The lowest BCUT2D eigenvalue weighted by Gasteiger charge is -2.20. The fourth-order valence-corrected chi connectivity index (χ4v) is 3.92. The molecule has 1 aliphatic heterocycles. The second kappa shape index (κ2) is 7.48. The maximum Gasteiger partial charge on any atom is 0.416 e. The van der Waals surface area contributed by atoms with Crippen LogP contribution in [0.15, 0.2) is 53.5 Å². The average Bonchev–Trinajstić information content (AvgIpc) is 2.99. The summed E-state index contributed by atoms with van der Waals surface area (Å²) < 4.78 is 39.0. The van der Waals surface area contributed by atoms with Gasteiger partial charge in [-0.15, -0.1) is 11.6 Å². The Morgan fingerprint density at radius 1 is 1.16 bits per heavy atom. The van der Waals surface area contributed by atoms with Crippen LogP contribution >= 0.6 is 35.0 Å². The number of anilines is 1. The molecule has 1 heterocycles. The van der Waals surface area contributed by atoms with Crippen LogP contribution in [-0.2, 0) is 6.18 Å². The predicted molar refractivity (Wildman–Crippen MR) is 99.4 cm³/mol. The van der Waals surface area contributed by atoms with Crippen molar-refractivity contribution in [2.45, 2.75) is 11.4 Å². The normalized spacial score (nSPS) is 19.6. The number of rotatable bonds is 3. The molecule has 0 aromatic heterocycles. The molecule has 0 saturated carbocycles. The van der Waals surface area contributed by atoms with Gasteiger partial charge in [0.05, 0.1) is 16.3 Å². The molecule has 1 atom stereocenters. The average molecular weight is 405 g/mol. The second-order valence-corrected chi connectivity index (χ2v) is 7.38. The van der Waals surface area contributed by atoms with Crippen molar-refractivity contribution in [1.82, 2.24) is 0 Å². The highest BCUT2D eigenvalue weighted by atomic mass is 35.5. The van der Waals surface area contributed by atoms with Crippen LogP contribution in [0.1, 0.15) is 5.56 Å². The molecular weight excluding hydrogens is 392 g/mol. The maximum atomic E-state index is 13.0. The van der Waals surface area contributed by atoms with Crippen LogP contribution in [0.25, 0.3) is 0 Å². The van der Waals surface area contributed by atoms with Crippen molar-refractivity contribution in [3.8, 4) is 0 Å². The Hall–Kier alpha value is -1.37. The molecule has 132 valence electrons. The Bertz CT molecular complexity index is 795. The first-order valence-electron chi connectivity index (χ1n) is 7.39. The fraction of sp³-hybridized carbons (Fsp3) is 0.235. The van der Waals surface area contributed by atoms with E-state index < -0.39 is 11.7 Å². The molecule has 0 N–H and O–H groups in total. The summed E-state index contributed by atoms with van der Waals surface area (Å²) in [6.07, 6.45) is -4.39. The highest BCUT2D eigenvalue weighted by Crippen LogP contribution is 2.37. The quantitative estimate of drug-likeness (QED) is 0.565. The molecule has 3 rings (SSSR count). The van der Waals surface area contributed by atoms with E-state index in [2.05, 4.69) is 4.99 Å². The largest absolute Gasteiger partial charge is 0.416 e. The lowest BCUT2D eigenvalue weighted by atomic mass is 10.2. The minimum absolute atomic E-state index is 0.0393. The molecule has 2 aromatic rings. The van der Waals surface area contributed by atoms with Gasteiger partial charge < -0.3 is 4.90 Å². The van der Waals surface area contributed by atoms with Gasteiger partial charge in [-0.2, -0.15) is 13.2 Å². The van der Waals surface area contributed by atoms with Gasteiger partial charge in [-0.25, -0.2) is 4.99 Å².